The lowest BCUT2D eigenvalue weighted by molar-refractivity contribution is 1.07. The summed E-state index contributed by atoms with van der Waals surface area (Å²) in [5.74, 6) is 0. The van der Waals surface area contributed by atoms with Crippen LogP contribution in [0.2, 0.25) is 19.6 Å². The van der Waals surface area contributed by atoms with Gasteiger partial charge in [0.05, 0.1) is 8.07 Å². The van der Waals surface area contributed by atoms with Crippen LogP contribution in [0.4, 0.5) is 0 Å². The molecule has 0 bridgehead atoms. The van der Waals surface area contributed by atoms with Crippen LogP contribution in [-0.2, 0) is 0 Å². The predicted octanol–water partition coefficient (Wildman–Crippen LogP) is 4.64. The molecule has 0 N–H and O–H groups in total. The van der Waals surface area contributed by atoms with Crippen molar-refractivity contribution in [1.82, 2.24) is 0 Å². The standard InChI is InChI=1S/C14H22Si/c1-6-8-13-9-7-10-14(13)11-12(2)15(3,4)5/h6-7,9H,1-2,8,10-11H2,3-5H3. The number of rotatable bonds is 5. The molecule has 0 fully saturated rings. The summed E-state index contributed by atoms with van der Waals surface area (Å²) < 4.78 is 0. The highest BCUT2D eigenvalue weighted by atomic mass is 28.3. The van der Waals surface area contributed by atoms with Gasteiger partial charge in [0, 0.05) is 0 Å². The molecule has 1 aliphatic carbocycles. The third kappa shape index (κ3) is 3.35. The van der Waals surface area contributed by atoms with Crippen LogP contribution in [-0.4, -0.2) is 8.07 Å². The van der Waals surface area contributed by atoms with Crippen LogP contribution in [0.5, 0.6) is 0 Å². The monoisotopic (exact) mass is 218 g/mol. The number of hydrogen-bond donors (Lipinski definition) is 0. The highest BCUT2D eigenvalue weighted by Gasteiger charge is 2.19. The molecule has 0 nitrogen and oxygen atoms in total. The van der Waals surface area contributed by atoms with Gasteiger partial charge >= 0.3 is 0 Å². The van der Waals surface area contributed by atoms with E-state index in [0.717, 1.165) is 19.3 Å². The van der Waals surface area contributed by atoms with Crippen molar-refractivity contribution in [2.75, 3.05) is 0 Å². The molecule has 1 rings (SSSR count). The van der Waals surface area contributed by atoms with Crippen LogP contribution < -0.4 is 0 Å². The molecule has 0 amide bonds. The summed E-state index contributed by atoms with van der Waals surface area (Å²) in [4.78, 5) is 0. The summed E-state index contributed by atoms with van der Waals surface area (Å²) >= 11 is 0. The van der Waals surface area contributed by atoms with Gasteiger partial charge in [0.15, 0.2) is 0 Å². The highest BCUT2D eigenvalue weighted by molar-refractivity contribution is 6.83. The third-order valence-corrected chi connectivity index (χ3v) is 5.29. The second-order valence-electron chi connectivity index (χ2n) is 5.26. The first-order valence-electron chi connectivity index (χ1n) is 5.61. The molecule has 0 aromatic heterocycles. The average Bonchev–Trinajstić information content (AvgIpc) is 2.52. The second-order valence-corrected chi connectivity index (χ2v) is 10.5. The summed E-state index contributed by atoms with van der Waals surface area (Å²) in [6.07, 6.45) is 9.71. The highest BCUT2D eigenvalue weighted by Crippen LogP contribution is 2.30. The van der Waals surface area contributed by atoms with E-state index in [1.165, 1.54) is 10.8 Å². The van der Waals surface area contributed by atoms with Crippen LogP contribution in [0.3, 0.4) is 0 Å². The summed E-state index contributed by atoms with van der Waals surface area (Å²) in [5.41, 5.74) is 3.02. The van der Waals surface area contributed by atoms with Gasteiger partial charge in [-0.25, -0.2) is 0 Å². The Labute approximate surface area is 95.1 Å². The lowest BCUT2D eigenvalue weighted by atomic mass is 10.1. The molecule has 1 heteroatoms. The van der Waals surface area contributed by atoms with E-state index in [1.54, 1.807) is 5.57 Å². The second kappa shape index (κ2) is 4.80. The zero-order valence-electron chi connectivity index (χ0n) is 10.3. The summed E-state index contributed by atoms with van der Waals surface area (Å²) in [7, 11) is -1.16. The molecular weight excluding hydrogens is 196 g/mol. The number of hydrogen-bond acceptors (Lipinski definition) is 0. The van der Waals surface area contributed by atoms with E-state index in [9.17, 15) is 0 Å². The van der Waals surface area contributed by atoms with Gasteiger partial charge < -0.3 is 0 Å². The van der Waals surface area contributed by atoms with E-state index in [1.807, 2.05) is 6.08 Å². The molecular formula is C14H22Si. The van der Waals surface area contributed by atoms with Crippen LogP contribution in [0.1, 0.15) is 19.3 Å². The zero-order valence-corrected chi connectivity index (χ0v) is 11.3. The molecule has 0 saturated carbocycles. The van der Waals surface area contributed by atoms with Crippen molar-refractivity contribution < 1.29 is 0 Å². The van der Waals surface area contributed by atoms with E-state index in [-0.39, 0.29) is 0 Å². The van der Waals surface area contributed by atoms with Crippen molar-refractivity contribution in [2.24, 2.45) is 0 Å². The van der Waals surface area contributed by atoms with Gasteiger partial charge in [0.1, 0.15) is 0 Å². The lowest BCUT2D eigenvalue weighted by Gasteiger charge is -2.20. The molecule has 0 spiro atoms. The first kappa shape index (κ1) is 12.2. The fourth-order valence-corrected chi connectivity index (χ4v) is 2.41. The van der Waals surface area contributed by atoms with Crippen molar-refractivity contribution in [1.29, 1.82) is 0 Å². The maximum atomic E-state index is 4.26. The van der Waals surface area contributed by atoms with E-state index >= 15 is 0 Å². The SMILES string of the molecule is C=CCC1=C(CC(=C)[Si](C)(C)C)CC=C1. The summed E-state index contributed by atoms with van der Waals surface area (Å²) in [5, 5.41) is 1.46. The Morgan fingerprint density at radius 3 is 2.67 bits per heavy atom. The molecule has 0 aromatic rings. The van der Waals surface area contributed by atoms with Crippen LogP contribution in [0, 0.1) is 0 Å². The molecule has 0 saturated heterocycles. The van der Waals surface area contributed by atoms with Crippen molar-refractivity contribution in [3.05, 3.63) is 47.7 Å². The van der Waals surface area contributed by atoms with E-state index in [2.05, 4.69) is 45.0 Å². The van der Waals surface area contributed by atoms with Crippen LogP contribution >= 0.6 is 0 Å². The maximum absolute atomic E-state index is 4.26. The molecule has 0 aliphatic heterocycles. The Kier molecular flexibility index (Phi) is 3.92. The topological polar surface area (TPSA) is 0 Å². The molecule has 0 unspecified atom stereocenters. The van der Waals surface area contributed by atoms with E-state index in [0.29, 0.717) is 0 Å². The Hall–Kier alpha value is -0.823. The molecule has 82 valence electrons. The molecule has 0 atom stereocenters. The zero-order chi connectivity index (χ0) is 11.5. The summed E-state index contributed by atoms with van der Waals surface area (Å²) in [6.45, 7) is 15.2. The van der Waals surface area contributed by atoms with Crippen molar-refractivity contribution >= 4 is 8.07 Å². The first-order chi connectivity index (χ1) is 6.95. The molecule has 1 aliphatic rings. The predicted molar refractivity (Wildman–Crippen MR) is 72.7 cm³/mol. The average molecular weight is 218 g/mol. The van der Waals surface area contributed by atoms with Crippen LogP contribution in [0.15, 0.2) is 47.7 Å². The van der Waals surface area contributed by atoms with Crippen LogP contribution in [0.25, 0.3) is 0 Å². The molecule has 0 aromatic carbocycles. The number of allylic oxidation sites excluding steroid dienone is 6. The third-order valence-electron chi connectivity index (χ3n) is 2.99. The minimum Gasteiger partial charge on any atom is -0.103 e. The van der Waals surface area contributed by atoms with Gasteiger partial charge in [-0.15, -0.1) is 13.2 Å². The van der Waals surface area contributed by atoms with Gasteiger partial charge in [-0.05, 0) is 24.8 Å². The van der Waals surface area contributed by atoms with Crippen molar-refractivity contribution in [3.8, 4) is 0 Å². The van der Waals surface area contributed by atoms with Gasteiger partial charge in [-0.2, -0.15) is 0 Å². The fourth-order valence-electron chi connectivity index (χ4n) is 1.67. The first-order valence-corrected chi connectivity index (χ1v) is 9.11. The Morgan fingerprint density at radius 2 is 2.13 bits per heavy atom. The van der Waals surface area contributed by atoms with Crippen molar-refractivity contribution in [3.63, 3.8) is 0 Å². The Bertz CT molecular complexity index is 324. The van der Waals surface area contributed by atoms with Crippen molar-refractivity contribution in [2.45, 2.75) is 38.9 Å². The smallest absolute Gasteiger partial charge is 0.0720 e. The Balaban J connectivity index is 2.70. The molecule has 0 heterocycles. The lowest BCUT2D eigenvalue weighted by Crippen LogP contribution is -2.23. The van der Waals surface area contributed by atoms with Gasteiger partial charge in [-0.3, -0.25) is 0 Å². The minimum absolute atomic E-state index is 1.00. The maximum Gasteiger partial charge on any atom is 0.0720 e. The summed E-state index contributed by atoms with van der Waals surface area (Å²) in [6, 6.07) is 0. The molecule has 0 radical (unpaired) electrons. The fraction of sp³-hybridized carbons (Fsp3) is 0.429. The van der Waals surface area contributed by atoms with Gasteiger partial charge in [-0.1, -0.05) is 48.6 Å². The molecule has 15 heavy (non-hydrogen) atoms. The quantitative estimate of drug-likeness (QED) is 0.466. The Morgan fingerprint density at radius 1 is 1.47 bits per heavy atom. The van der Waals surface area contributed by atoms with E-state index < -0.39 is 8.07 Å². The largest absolute Gasteiger partial charge is 0.103 e. The van der Waals surface area contributed by atoms with E-state index in [4.69, 9.17) is 0 Å². The normalized spacial score (nSPS) is 15.9. The van der Waals surface area contributed by atoms with Gasteiger partial charge in [0.25, 0.3) is 0 Å². The van der Waals surface area contributed by atoms with Gasteiger partial charge in [0.2, 0.25) is 0 Å². The minimum atomic E-state index is -1.16.